The number of hydrogen-bond donors (Lipinski definition) is 1. The standard InChI is InChI=1S/C22H38N2O4.C12H23N.C6H11NO2.CH2Cl2.ClH/c1-20(2,3)28-18(25)23-13-11-22(12-14-23,17-9-7-6-8-10-17)15-24-19(26)27-16-21(24,4)5;1-12(7-9-13-10-8-12)11-5-3-2-4-6-11;1-6(2)4-9-5(8)7(6)3;2-1-3;/h17H,6-16H2,1-5H3;11,13H,2-10H2,1H3;4H2,1-3H3;1H2;1H. The maximum absolute atomic E-state index is 12.5. The SMILES string of the molecule is CC(C)(C)OC(=O)N1CCC(CN2C(=O)OCC2(C)C)(C2CCCCC2)CC1.CC1(C2CCCCC2)CCNCC1.CN1C(=O)OCC1(C)C.Cl.ClCCl. The van der Waals surface area contributed by atoms with Crippen LogP contribution in [0.3, 0.4) is 0 Å². The number of nitrogens with zero attached hydrogens (tertiary/aromatic N) is 3. The minimum Gasteiger partial charge on any atom is -0.447 e. The maximum atomic E-state index is 12.5. The lowest BCUT2D eigenvalue weighted by molar-refractivity contribution is -0.0211. The van der Waals surface area contributed by atoms with Crippen LogP contribution in [-0.2, 0) is 14.2 Å². The fourth-order valence-electron chi connectivity index (χ4n) is 8.99. The van der Waals surface area contributed by atoms with Gasteiger partial charge in [0.2, 0.25) is 0 Å². The van der Waals surface area contributed by atoms with E-state index in [1.54, 1.807) is 11.9 Å². The summed E-state index contributed by atoms with van der Waals surface area (Å²) >= 11 is 9.53. The lowest BCUT2D eigenvalue weighted by atomic mass is 9.63. The molecule has 0 atom stereocenters. The number of carbonyl (C=O) groups is 3. The second kappa shape index (κ2) is 21.4. The molecule has 6 aliphatic rings. The quantitative estimate of drug-likeness (QED) is 0.223. The first-order chi connectivity index (χ1) is 24.8. The summed E-state index contributed by atoms with van der Waals surface area (Å²) in [7, 11) is 1.75. The molecule has 2 aliphatic carbocycles. The Morgan fingerprint density at radius 1 is 0.778 bits per heavy atom. The highest BCUT2D eigenvalue weighted by atomic mass is 35.5. The van der Waals surface area contributed by atoms with Gasteiger partial charge >= 0.3 is 18.3 Å². The second-order valence-electron chi connectivity index (χ2n) is 18.9. The monoisotopic (exact) mass is 824 g/mol. The highest BCUT2D eigenvalue weighted by Crippen LogP contribution is 2.48. The van der Waals surface area contributed by atoms with E-state index in [1.165, 1.54) is 90.1 Å². The van der Waals surface area contributed by atoms with Crippen molar-refractivity contribution in [1.29, 1.82) is 0 Å². The molecular weight excluding hydrogens is 751 g/mol. The predicted molar refractivity (Wildman–Crippen MR) is 222 cm³/mol. The van der Waals surface area contributed by atoms with Crippen molar-refractivity contribution < 1.29 is 28.6 Å². The lowest BCUT2D eigenvalue weighted by Crippen LogP contribution is -2.55. The van der Waals surface area contributed by atoms with E-state index >= 15 is 0 Å². The molecule has 10 nitrogen and oxygen atoms in total. The van der Waals surface area contributed by atoms with E-state index in [0.29, 0.717) is 37.6 Å². The van der Waals surface area contributed by atoms with E-state index in [0.717, 1.165) is 25.3 Å². The number of cyclic esters (lactones) is 2. The van der Waals surface area contributed by atoms with E-state index in [-0.39, 0.29) is 52.5 Å². The van der Waals surface area contributed by atoms with Crippen molar-refractivity contribution in [2.75, 3.05) is 58.3 Å². The molecule has 13 heteroatoms. The Labute approximate surface area is 344 Å². The van der Waals surface area contributed by atoms with Gasteiger partial charge in [0.25, 0.3) is 0 Å². The van der Waals surface area contributed by atoms with Crippen LogP contribution in [0.15, 0.2) is 0 Å². The summed E-state index contributed by atoms with van der Waals surface area (Å²) in [5.41, 5.74) is -0.0955. The summed E-state index contributed by atoms with van der Waals surface area (Å²) in [6.07, 6.45) is 17.9. The number of amides is 3. The molecule has 0 radical (unpaired) electrons. The molecule has 0 aromatic carbocycles. The molecule has 316 valence electrons. The highest BCUT2D eigenvalue weighted by molar-refractivity contribution is 6.40. The zero-order chi connectivity index (χ0) is 39.5. The molecule has 2 saturated carbocycles. The first-order valence-corrected chi connectivity index (χ1v) is 21.5. The maximum Gasteiger partial charge on any atom is 0.410 e. The van der Waals surface area contributed by atoms with Crippen molar-refractivity contribution >= 4 is 53.9 Å². The van der Waals surface area contributed by atoms with Gasteiger partial charge < -0.3 is 29.3 Å². The van der Waals surface area contributed by atoms with Crippen LogP contribution in [0.25, 0.3) is 0 Å². The third-order valence-corrected chi connectivity index (χ3v) is 12.9. The third-order valence-electron chi connectivity index (χ3n) is 12.9. The molecule has 4 heterocycles. The van der Waals surface area contributed by atoms with Crippen molar-refractivity contribution in [3.63, 3.8) is 0 Å². The topological polar surface area (TPSA) is 101 Å². The van der Waals surface area contributed by atoms with Gasteiger partial charge in [0, 0.05) is 26.7 Å². The third kappa shape index (κ3) is 13.9. The van der Waals surface area contributed by atoms with Crippen LogP contribution in [0.4, 0.5) is 14.4 Å². The number of ether oxygens (including phenoxy) is 3. The normalized spacial score (nSPS) is 24.9. The average Bonchev–Trinajstić information content (AvgIpc) is 3.52. The van der Waals surface area contributed by atoms with Crippen LogP contribution in [0.2, 0.25) is 0 Å². The molecule has 0 unspecified atom stereocenters. The smallest absolute Gasteiger partial charge is 0.410 e. The summed E-state index contributed by atoms with van der Waals surface area (Å²) in [5, 5.41) is 3.67. The summed E-state index contributed by atoms with van der Waals surface area (Å²) < 4.78 is 15.7. The Kier molecular flexibility index (Phi) is 19.3. The van der Waals surface area contributed by atoms with Gasteiger partial charge in [-0.2, -0.15) is 0 Å². The van der Waals surface area contributed by atoms with E-state index in [9.17, 15) is 14.4 Å². The number of nitrogens with one attached hydrogen (secondary N) is 1. The van der Waals surface area contributed by atoms with Gasteiger partial charge in [0.1, 0.15) is 18.8 Å². The van der Waals surface area contributed by atoms with Gasteiger partial charge in [-0.05, 0) is 136 Å². The van der Waals surface area contributed by atoms with Crippen LogP contribution in [0.5, 0.6) is 0 Å². The number of alkyl halides is 2. The number of halogens is 3. The minimum absolute atomic E-state index is 0. The molecule has 0 bridgehead atoms. The van der Waals surface area contributed by atoms with E-state index in [4.69, 9.17) is 37.4 Å². The molecule has 6 fully saturated rings. The van der Waals surface area contributed by atoms with Crippen LogP contribution in [0, 0.1) is 22.7 Å². The fourth-order valence-corrected chi connectivity index (χ4v) is 8.99. The second-order valence-corrected chi connectivity index (χ2v) is 19.7. The van der Waals surface area contributed by atoms with Crippen molar-refractivity contribution in [1.82, 2.24) is 20.0 Å². The summed E-state index contributed by atoms with van der Waals surface area (Å²) in [6, 6.07) is 0. The van der Waals surface area contributed by atoms with Gasteiger partial charge in [0.05, 0.1) is 16.4 Å². The Morgan fingerprint density at radius 3 is 1.63 bits per heavy atom. The molecule has 1 N–H and O–H groups in total. The van der Waals surface area contributed by atoms with Crippen molar-refractivity contribution in [3.8, 4) is 0 Å². The number of rotatable bonds is 4. The van der Waals surface area contributed by atoms with Crippen LogP contribution < -0.4 is 5.32 Å². The van der Waals surface area contributed by atoms with Crippen molar-refractivity contribution in [3.05, 3.63) is 0 Å². The number of carbonyl (C=O) groups excluding carboxylic acids is 3. The summed E-state index contributed by atoms with van der Waals surface area (Å²) in [4.78, 5) is 41.1. The zero-order valence-electron chi connectivity index (χ0n) is 35.2. The van der Waals surface area contributed by atoms with E-state index in [2.05, 4.69) is 26.1 Å². The highest BCUT2D eigenvalue weighted by Gasteiger charge is 2.49. The van der Waals surface area contributed by atoms with Gasteiger partial charge in [-0.25, -0.2) is 14.4 Å². The zero-order valence-corrected chi connectivity index (χ0v) is 37.5. The Balaban J connectivity index is 0.000000318. The molecule has 0 spiro atoms. The predicted octanol–water partition coefficient (Wildman–Crippen LogP) is 10.5. The van der Waals surface area contributed by atoms with Gasteiger partial charge in [-0.1, -0.05) is 45.4 Å². The van der Waals surface area contributed by atoms with E-state index in [1.807, 2.05) is 44.4 Å². The van der Waals surface area contributed by atoms with E-state index < -0.39 is 5.60 Å². The molecule has 6 rings (SSSR count). The van der Waals surface area contributed by atoms with Crippen LogP contribution >= 0.6 is 35.6 Å². The van der Waals surface area contributed by atoms with Crippen molar-refractivity contribution in [2.45, 2.75) is 162 Å². The van der Waals surface area contributed by atoms with Crippen LogP contribution in [-0.4, -0.2) is 108 Å². The lowest BCUT2D eigenvalue weighted by Gasteiger charge is -2.50. The fraction of sp³-hybridized carbons (Fsp3) is 0.927. The molecule has 0 aromatic rings. The Morgan fingerprint density at radius 2 is 1.24 bits per heavy atom. The largest absolute Gasteiger partial charge is 0.447 e. The number of piperidine rings is 2. The number of likely N-dealkylation sites (N-methyl/N-ethyl adjacent to an activating group) is 1. The average molecular weight is 826 g/mol. The minimum atomic E-state index is -0.474. The summed E-state index contributed by atoms with van der Waals surface area (Å²) in [5.74, 6) is 1.66. The molecule has 54 heavy (non-hydrogen) atoms. The number of likely N-dealkylation sites (tertiary alicyclic amines) is 1. The first-order valence-electron chi connectivity index (χ1n) is 20.4. The van der Waals surface area contributed by atoms with Crippen LogP contribution in [0.1, 0.15) is 145 Å². The molecular formula is C41H75Cl3N4O6. The number of hydrogen-bond acceptors (Lipinski definition) is 7. The van der Waals surface area contributed by atoms with Gasteiger partial charge in [-0.3, -0.25) is 4.90 Å². The van der Waals surface area contributed by atoms with Gasteiger partial charge in [-0.15, -0.1) is 35.6 Å². The van der Waals surface area contributed by atoms with Gasteiger partial charge in [0.15, 0.2) is 0 Å². The first kappa shape index (κ1) is 48.8. The van der Waals surface area contributed by atoms with Crippen molar-refractivity contribution in [2.24, 2.45) is 22.7 Å². The molecule has 3 amide bonds. The molecule has 0 aromatic heterocycles. The molecule has 4 saturated heterocycles. The Hall–Kier alpha value is -1.36. The Bertz CT molecular complexity index is 1160. The summed E-state index contributed by atoms with van der Waals surface area (Å²) in [6.45, 7) is 22.0. The molecule has 4 aliphatic heterocycles.